The molecule has 4 nitrogen and oxygen atoms in total. The van der Waals surface area contributed by atoms with Gasteiger partial charge in [0, 0.05) is 0 Å². The number of hydrogen-bond donors (Lipinski definition) is 0. The molecular weight excluding hydrogens is 158 g/mol. The molecule has 0 aromatic rings. The lowest BCUT2D eigenvalue weighted by molar-refractivity contribution is -0.138. The molecule has 12 heavy (non-hydrogen) atoms. The monoisotopic (exact) mass is 168 g/mol. The Morgan fingerprint density at radius 2 is 1.17 bits per heavy atom. The average Bonchev–Trinajstić information content (AvgIpc) is 2.12. The van der Waals surface area contributed by atoms with E-state index in [0.29, 0.717) is 0 Å². The third kappa shape index (κ3) is 2.45. The molecule has 0 amide bonds. The van der Waals surface area contributed by atoms with Crippen LogP contribution in [0.1, 0.15) is 0 Å². The van der Waals surface area contributed by atoms with Crippen molar-refractivity contribution in [2.75, 3.05) is 14.2 Å². The van der Waals surface area contributed by atoms with E-state index in [9.17, 15) is 9.59 Å². The summed E-state index contributed by atoms with van der Waals surface area (Å²) in [6.45, 7) is 0. The number of methoxy groups -OCH3 is 2. The standard InChI is InChI=1S/C6H10B2O4/c1-11-5(9)3(7)4(8)6(10)12-2/h7-8H2,1-2H3/b4-3+. The van der Waals surface area contributed by atoms with E-state index in [0.717, 1.165) is 0 Å². The lowest BCUT2D eigenvalue weighted by Gasteiger charge is -2.03. The van der Waals surface area contributed by atoms with Crippen LogP contribution in [0.5, 0.6) is 0 Å². The van der Waals surface area contributed by atoms with Gasteiger partial charge in [0.25, 0.3) is 0 Å². The average molecular weight is 168 g/mol. The zero-order chi connectivity index (χ0) is 9.72. The van der Waals surface area contributed by atoms with Crippen molar-refractivity contribution >= 4 is 27.6 Å². The fourth-order valence-corrected chi connectivity index (χ4v) is 0.612. The molecule has 0 atom stereocenters. The van der Waals surface area contributed by atoms with Crippen LogP contribution in [-0.2, 0) is 19.1 Å². The molecule has 0 saturated heterocycles. The molecule has 0 N–H and O–H groups in total. The zero-order valence-corrected chi connectivity index (χ0v) is 7.63. The second kappa shape index (κ2) is 4.64. The van der Waals surface area contributed by atoms with Crippen molar-refractivity contribution < 1.29 is 19.1 Å². The van der Waals surface area contributed by atoms with Crippen molar-refractivity contribution in [2.24, 2.45) is 0 Å². The molecule has 0 fully saturated rings. The molecular formula is C6H10B2O4. The van der Waals surface area contributed by atoms with E-state index < -0.39 is 11.9 Å². The van der Waals surface area contributed by atoms with E-state index in [-0.39, 0.29) is 10.9 Å². The smallest absolute Gasteiger partial charge is 0.323 e. The first-order valence-electron chi connectivity index (χ1n) is 3.38. The highest BCUT2D eigenvalue weighted by atomic mass is 16.5. The lowest BCUT2D eigenvalue weighted by atomic mass is 9.80. The second-order valence-corrected chi connectivity index (χ2v) is 2.23. The van der Waals surface area contributed by atoms with Crippen molar-refractivity contribution in [3.05, 3.63) is 10.9 Å². The summed E-state index contributed by atoms with van der Waals surface area (Å²) < 4.78 is 8.85. The lowest BCUT2D eigenvalue weighted by Crippen LogP contribution is -2.14. The predicted molar refractivity (Wildman–Crippen MR) is 48.1 cm³/mol. The van der Waals surface area contributed by atoms with Crippen LogP contribution < -0.4 is 0 Å². The van der Waals surface area contributed by atoms with Crippen molar-refractivity contribution in [3.8, 4) is 0 Å². The highest BCUT2D eigenvalue weighted by Gasteiger charge is 2.12. The summed E-state index contributed by atoms with van der Waals surface area (Å²) in [5.74, 6) is -1.03. The number of carbonyl (C=O) groups is 2. The maximum atomic E-state index is 10.9. The van der Waals surface area contributed by atoms with Crippen molar-refractivity contribution in [1.29, 1.82) is 0 Å². The van der Waals surface area contributed by atoms with E-state index in [2.05, 4.69) is 9.47 Å². The molecule has 0 radical (unpaired) electrons. The molecule has 0 aliphatic carbocycles. The Balaban J connectivity index is 4.68. The molecule has 0 bridgehead atoms. The van der Waals surface area contributed by atoms with Gasteiger partial charge in [0.2, 0.25) is 0 Å². The molecule has 6 heteroatoms. The molecule has 0 aromatic carbocycles. The molecule has 0 aliphatic heterocycles. The normalized spacial score (nSPS) is 11.5. The Bertz CT molecular complexity index is 210. The van der Waals surface area contributed by atoms with Crippen LogP contribution in [0.25, 0.3) is 0 Å². The number of esters is 2. The Labute approximate surface area is 72.7 Å². The van der Waals surface area contributed by atoms with Crippen molar-refractivity contribution in [2.45, 2.75) is 0 Å². The van der Waals surface area contributed by atoms with Gasteiger partial charge in [-0.15, -0.1) is 0 Å². The van der Waals surface area contributed by atoms with Gasteiger partial charge in [-0.3, -0.25) is 0 Å². The van der Waals surface area contributed by atoms with Gasteiger partial charge in [-0.25, -0.2) is 9.59 Å². The minimum Gasteiger partial charge on any atom is -0.466 e. The zero-order valence-electron chi connectivity index (χ0n) is 7.63. The third-order valence-corrected chi connectivity index (χ3v) is 1.55. The fourth-order valence-electron chi connectivity index (χ4n) is 0.612. The molecule has 0 rings (SSSR count). The van der Waals surface area contributed by atoms with E-state index >= 15 is 0 Å². The topological polar surface area (TPSA) is 52.6 Å². The molecule has 0 heterocycles. The van der Waals surface area contributed by atoms with Gasteiger partial charge in [-0.1, -0.05) is 0 Å². The van der Waals surface area contributed by atoms with Crippen LogP contribution >= 0.6 is 0 Å². The van der Waals surface area contributed by atoms with Crippen LogP contribution in [0, 0.1) is 0 Å². The van der Waals surface area contributed by atoms with Gasteiger partial charge < -0.3 is 9.47 Å². The van der Waals surface area contributed by atoms with E-state index in [1.165, 1.54) is 29.9 Å². The first-order valence-corrected chi connectivity index (χ1v) is 3.38. The number of hydrogen-bond acceptors (Lipinski definition) is 4. The van der Waals surface area contributed by atoms with Crippen molar-refractivity contribution in [3.63, 3.8) is 0 Å². The summed E-state index contributed by atoms with van der Waals surface area (Å²) >= 11 is 0. The van der Waals surface area contributed by atoms with Gasteiger partial charge in [0.1, 0.15) is 15.7 Å². The number of rotatable bonds is 2. The Kier molecular flexibility index (Phi) is 4.18. The second-order valence-electron chi connectivity index (χ2n) is 2.23. The number of carbonyl (C=O) groups excluding carboxylic acids is 2. The van der Waals surface area contributed by atoms with Gasteiger partial charge in [0.15, 0.2) is 0 Å². The third-order valence-electron chi connectivity index (χ3n) is 1.55. The SMILES string of the molecule is B/C(C(=O)OC)=C(/B)C(=O)OC. The fraction of sp³-hybridized carbons (Fsp3) is 0.333. The van der Waals surface area contributed by atoms with E-state index in [1.54, 1.807) is 0 Å². The van der Waals surface area contributed by atoms with Gasteiger partial charge in [-0.2, -0.15) is 0 Å². The summed E-state index contributed by atoms with van der Waals surface area (Å²) in [6.07, 6.45) is 0. The quantitative estimate of drug-likeness (QED) is 0.267. The van der Waals surface area contributed by atoms with Gasteiger partial charge in [-0.05, 0) is 10.9 Å². The Morgan fingerprint density at radius 1 is 0.917 bits per heavy atom. The summed E-state index contributed by atoms with van der Waals surface area (Å²) in [4.78, 5) is 21.8. The molecule has 0 unspecified atom stereocenters. The van der Waals surface area contributed by atoms with Crippen molar-refractivity contribution in [1.82, 2.24) is 0 Å². The van der Waals surface area contributed by atoms with E-state index in [4.69, 9.17) is 0 Å². The predicted octanol–water partition coefficient (Wildman–Crippen LogP) is -2.19. The Morgan fingerprint density at radius 3 is 1.33 bits per heavy atom. The van der Waals surface area contributed by atoms with Crippen LogP contribution in [0.2, 0.25) is 0 Å². The maximum absolute atomic E-state index is 10.9. The molecule has 0 saturated carbocycles. The minimum absolute atomic E-state index is 0.268. The molecule has 0 aliphatic rings. The van der Waals surface area contributed by atoms with Crippen LogP contribution in [-0.4, -0.2) is 41.9 Å². The van der Waals surface area contributed by atoms with Gasteiger partial charge >= 0.3 is 11.9 Å². The largest absolute Gasteiger partial charge is 0.466 e. The summed E-state index contributed by atoms with van der Waals surface area (Å²) in [6, 6.07) is 0. The first-order chi connectivity index (χ1) is 5.54. The molecule has 0 aromatic heterocycles. The number of ether oxygens (including phenoxy) is 2. The molecule has 0 spiro atoms. The maximum Gasteiger partial charge on any atom is 0.323 e. The van der Waals surface area contributed by atoms with Crippen LogP contribution in [0.4, 0.5) is 0 Å². The first kappa shape index (κ1) is 10.8. The van der Waals surface area contributed by atoms with Crippen LogP contribution in [0.15, 0.2) is 10.9 Å². The highest BCUT2D eigenvalue weighted by molar-refractivity contribution is 6.47. The van der Waals surface area contributed by atoms with Crippen LogP contribution in [0.3, 0.4) is 0 Å². The van der Waals surface area contributed by atoms with Gasteiger partial charge in [0.05, 0.1) is 14.2 Å². The minimum atomic E-state index is -0.516. The highest BCUT2D eigenvalue weighted by Crippen LogP contribution is 2.00. The summed E-state index contributed by atoms with van der Waals surface area (Å²) in [7, 11) is 5.54. The molecule has 64 valence electrons. The summed E-state index contributed by atoms with van der Waals surface area (Å²) in [5, 5.41) is 0. The van der Waals surface area contributed by atoms with E-state index in [1.807, 2.05) is 0 Å². The Hall–Kier alpha value is -1.19. The summed E-state index contributed by atoms with van der Waals surface area (Å²) in [5.41, 5.74) is 0.536.